The second kappa shape index (κ2) is 4.86. The number of amides is 3. The number of nitrogens with zero attached hydrogens (tertiary/aromatic N) is 2. The molecule has 0 radical (unpaired) electrons. The number of carboxylic acid groups (broad SMARTS) is 1. The van der Waals surface area contributed by atoms with Crippen LogP contribution in [0.3, 0.4) is 0 Å². The molecular weight excluding hydrogens is 274 g/mol. The molecule has 1 aromatic carbocycles. The molecule has 1 fully saturated rings. The van der Waals surface area contributed by atoms with Crippen LogP contribution in [-0.2, 0) is 4.79 Å². The Morgan fingerprint density at radius 1 is 1.29 bits per heavy atom. The van der Waals surface area contributed by atoms with Crippen molar-refractivity contribution in [1.82, 2.24) is 10.3 Å². The quantitative estimate of drug-likeness (QED) is 0.868. The van der Waals surface area contributed by atoms with Crippen molar-refractivity contribution in [3.05, 3.63) is 36.2 Å². The van der Waals surface area contributed by atoms with Crippen LogP contribution in [0.2, 0.25) is 0 Å². The van der Waals surface area contributed by atoms with Gasteiger partial charge in [0, 0.05) is 29.9 Å². The van der Waals surface area contributed by atoms with E-state index in [1.807, 2.05) is 0 Å². The number of anilines is 1. The molecule has 1 saturated heterocycles. The van der Waals surface area contributed by atoms with Crippen LogP contribution >= 0.6 is 0 Å². The summed E-state index contributed by atoms with van der Waals surface area (Å²) < 4.78 is 0. The van der Waals surface area contributed by atoms with Gasteiger partial charge in [-0.25, -0.2) is 9.59 Å². The van der Waals surface area contributed by atoms with Crippen molar-refractivity contribution in [3.63, 3.8) is 0 Å². The van der Waals surface area contributed by atoms with Crippen molar-refractivity contribution in [2.75, 3.05) is 11.4 Å². The second-order valence-corrected chi connectivity index (χ2v) is 4.65. The number of hydrogen-bond donors (Lipinski definition) is 2. The molecule has 2 N–H and O–H groups in total. The molecule has 1 aliphatic heterocycles. The van der Waals surface area contributed by atoms with E-state index < -0.39 is 12.0 Å². The van der Waals surface area contributed by atoms with Crippen molar-refractivity contribution >= 4 is 34.4 Å². The molecule has 0 bridgehead atoms. The number of carboxylic acids is 1. The van der Waals surface area contributed by atoms with Crippen LogP contribution in [0, 0.1) is 0 Å². The lowest BCUT2D eigenvalue weighted by Crippen LogP contribution is -2.49. The molecule has 3 amide bonds. The van der Waals surface area contributed by atoms with Crippen molar-refractivity contribution in [1.29, 1.82) is 0 Å². The van der Waals surface area contributed by atoms with E-state index in [0.717, 1.165) is 0 Å². The number of aromatic carboxylic acids is 1. The Balaban J connectivity index is 2.09. The largest absolute Gasteiger partial charge is 0.478 e. The fourth-order valence-electron chi connectivity index (χ4n) is 2.30. The number of urea groups is 1. The first-order chi connectivity index (χ1) is 10.1. The van der Waals surface area contributed by atoms with Gasteiger partial charge in [0.05, 0.1) is 17.4 Å². The Kier molecular flexibility index (Phi) is 3.02. The number of fused-ring (bicyclic) bond motifs is 1. The first-order valence-corrected chi connectivity index (χ1v) is 6.28. The lowest BCUT2D eigenvalue weighted by atomic mass is 10.1. The molecule has 0 spiro atoms. The van der Waals surface area contributed by atoms with Gasteiger partial charge in [-0.3, -0.25) is 20.0 Å². The van der Waals surface area contributed by atoms with E-state index in [4.69, 9.17) is 5.11 Å². The van der Waals surface area contributed by atoms with Crippen molar-refractivity contribution in [2.24, 2.45) is 0 Å². The highest BCUT2D eigenvalue weighted by Crippen LogP contribution is 2.27. The van der Waals surface area contributed by atoms with Gasteiger partial charge < -0.3 is 5.11 Å². The maximum atomic E-state index is 11.9. The lowest BCUT2D eigenvalue weighted by molar-refractivity contribution is -0.120. The second-order valence-electron chi connectivity index (χ2n) is 4.65. The van der Waals surface area contributed by atoms with Gasteiger partial charge in [-0.15, -0.1) is 0 Å². The third kappa shape index (κ3) is 2.29. The van der Waals surface area contributed by atoms with Crippen LogP contribution in [0.5, 0.6) is 0 Å². The Morgan fingerprint density at radius 3 is 2.81 bits per heavy atom. The Morgan fingerprint density at radius 2 is 2.10 bits per heavy atom. The first-order valence-electron chi connectivity index (χ1n) is 6.28. The fourth-order valence-corrected chi connectivity index (χ4v) is 2.30. The molecule has 0 unspecified atom stereocenters. The normalized spacial score (nSPS) is 15.1. The molecule has 1 aliphatic rings. The molecule has 3 rings (SSSR count). The number of benzene rings is 1. The van der Waals surface area contributed by atoms with Gasteiger partial charge in [0.1, 0.15) is 0 Å². The van der Waals surface area contributed by atoms with Crippen LogP contribution in [0.4, 0.5) is 10.5 Å². The highest BCUT2D eigenvalue weighted by Gasteiger charge is 2.25. The summed E-state index contributed by atoms with van der Waals surface area (Å²) in [5, 5.41) is 12.6. The maximum absolute atomic E-state index is 11.9. The molecule has 0 saturated carbocycles. The van der Waals surface area contributed by atoms with Crippen LogP contribution in [0.1, 0.15) is 16.8 Å². The first kappa shape index (κ1) is 13.0. The number of imide groups is 1. The zero-order valence-corrected chi connectivity index (χ0v) is 10.9. The molecule has 1 aromatic heterocycles. The molecule has 106 valence electrons. The molecular formula is C14H11N3O4. The van der Waals surface area contributed by atoms with Gasteiger partial charge in [-0.05, 0) is 12.1 Å². The molecule has 2 heterocycles. The van der Waals surface area contributed by atoms with Crippen LogP contribution in [-0.4, -0.2) is 34.5 Å². The summed E-state index contributed by atoms with van der Waals surface area (Å²) >= 11 is 0. The molecule has 2 aromatic rings. The van der Waals surface area contributed by atoms with Gasteiger partial charge >= 0.3 is 12.0 Å². The Hall–Kier alpha value is -2.96. The standard InChI is InChI=1S/C14H11N3O4/c18-12-3-4-17(14(21)16-12)11-7-15-6-9-5-8(13(19)20)1-2-10(9)11/h1-2,5-7H,3-4H2,(H,19,20)(H,16,18,21). The number of aromatic nitrogens is 1. The highest BCUT2D eigenvalue weighted by atomic mass is 16.4. The third-order valence-corrected chi connectivity index (χ3v) is 3.33. The van der Waals surface area contributed by atoms with Gasteiger partial charge in [0.25, 0.3) is 0 Å². The number of hydrogen-bond acceptors (Lipinski definition) is 4. The zero-order valence-electron chi connectivity index (χ0n) is 10.9. The summed E-state index contributed by atoms with van der Waals surface area (Å²) in [5.41, 5.74) is 0.703. The highest BCUT2D eigenvalue weighted by molar-refractivity contribution is 6.10. The molecule has 7 nitrogen and oxygen atoms in total. The van der Waals surface area contributed by atoms with Crippen LogP contribution < -0.4 is 10.2 Å². The van der Waals surface area contributed by atoms with E-state index in [2.05, 4.69) is 10.3 Å². The minimum Gasteiger partial charge on any atom is -0.478 e. The average Bonchev–Trinajstić information content (AvgIpc) is 2.46. The smallest absolute Gasteiger partial charge is 0.335 e. The Bertz CT molecular complexity index is 772. The van der Waals surface area contributed by atoms with E-state index in [9.17, 15) is 14.4 Å². The summed E-state index contributed by atoms with van der Waals surface area (Å²) in [4.78, 5) is 39.5. The molecule has 7 heteroatoms. The van der Waals surface area contributed by atoms with Gasteiger partial charge in [0.15, 0.2) is 0 Å². The number of pyridine rings is 1. The van der Waals surface area contributed by atoms with E-state index in [0.29, 0.717) is 16.5 Å². The molecule has 21 heavy (non-hydrogen) atoms. The summed E-state index contributed by atoms with van der Waals surface area (Å²) in [7, 11) is 0. The van der Waals surface area contributed by atoms with Crippen molar-refractivity contribution in [2.45, 2.75) is 6.42 Å². The van der Waals surface area contributed by atoms with E-state index in [1.165, 1.54) is 29.4 Å². The van der Waals surface area contributed by atoms with E-state index >= 15 is 0 Å². The lowest BCUT2D eigenvalue weighted by Gasteiger charge is -2.27. The summed E-state index contributed by atoms with van der Waals surface area (Å²) in [6.45, 7) is 0.270. The predicted octanol–water partition coefficient (Wildman–Crippen LogP) is 1.38. The van der Waals surface area contributed by atoms with Gasteiger partial charge in [-0.2, -0.15) is 0 Å². The number of carbonyl (C=O) groups is 3. The SMILES string of the molecule is O=C1CCN(c2cncc3cc(C(=O)O)ccc23)C(=O)N1. The van der Waals surface area contributed by atoms with Crippen LogP contribution in [0.25, 0.3) is 10.8 Å². The fraction of sp³-hybridized carbons (Fsp3) is 0.143. The predicted molar refractivity (Wildman–Crippen MR) is 74.2 cm³/mol. The summed E-state index contributed by atoms with van der Waals surface area (Å²) in [6, 6.07) is 4.12. The summed E-state index contributed by atoms with van der Waals surface area (Å²) in [5.74, 6) is -1.33. The van der Waals surface area contributed by atoms with Gasteiger partial charge in [-0.1, -0.05) is 6.07 Å². The Labute approximate surface area is 119 Å². The number of carbonyl (C=O) groups excluding carboxylic acids is 2. The zero-order chi connectivity index (χ0) is 15.0. The van der Waals surface area contributed by atoms with E-state index in [1.54, 1.807) is 6.07 Å². The minimum atomic E-state index is -1.02. The van der Waals surface area contributed by atoms with Crippen molar-refractivity contribution < 1.29 is 19.5 Å². The van der Waals surface area contributed by atoms with Crippen LogP contribution in [0.15, 0.2) is 30.6 Å². The van der Waals surface area contributed by atoms with E-state index in [-0.39, 0.29) is 24.4 Å². The van der Waals surface area contributed by atoms with Gasteiger partial charge in [0.2, 0.25) is 5.91 Å². The van der Waals surface area contributed by atoms with Crippen molar-refractivity contribution in [3.8, 4) is 0 Å². The minimum absolute atomic E-state index is 0.153. The number of nitrogens with one attached hydrogen (secondary N) is 1. The third-order valence-electron chi connectivity index (χ3n) is 3.33. The topological polar surface area (TPSA) is 99.6 Å². The maximum Gasteiger partial charge on any atom is 0.335 e. The average molecular weight is 285 g/mol. The number of rotatable bonds is 2. The molecule has 0 atom stereocenters. The monoisotopic (exact) mass is 285 g/mol. The molecule has 0 aliphatic carbocycles. The summed E-state index contributed by atoms with van der Waals surface area (Å²) in [6.07, 6.45) is 3.28.